The summed E-state index contributed by atoms with van der Waals surface area (Å²) in [7, 11) is 0. The standard InChI is InChI=1S/C13H19N3O/c1-9-10(2)15-16-13(9)14-12(17)8-11-6-4-3-5-7-11/h6H,3-5,7-8H2,1-2H3,(H2,14,15,16,17). The molecule has 0 spiro atoms. The minimum Gasteiger partial charge on any atom is -0.309 e. The van der Waals surface area contributed by atoms with Gasteiger partial charge in [-0.05, 0) is 39.5 Å². The van der Waals surface area contributed by atoms with Gasteiger partial charge in [-0.1, -0.05) is 11.6 Å². The Morgan fingerprint density at radius 3 is 2.88 bits per heavy atom. The largest absolute Gasteiger partial charge is 0.309 e. The minimum atomic E-state index is 0.0350. The van der Waals surface area contributed by atoms with E-state index in [9.17, 15) is 4.79 Å². The zero-order valence-electron chi connectivity index (χ0n) is 10.5. The molecule has 1 aliphatic carbocycles. The third-order valence-electron chi connectivity index (χ3n) is 3.28. The number of H-pyrrole nitrogens is 1. The van der Waals surface area contributed by atoms with Gasteiger partial charge in [0.25, 0.3) is 0 Å². The molecule has 0 bridgehead atoms. The lowest BCUT2D eigenvalue weighted by atomic mass is 9.97. The van der Waals surface area contributed by atoms with Crippen LogP contribution in [0.25, 0.3) is 0 Å². The molecule has 4 heteroatoms. The van der Waals surface area contributed by atoms with E-state index in [1.54, 1.807) is 0 Å². The van der Waals surface area contributed by atoms with Gasteiger partial charge >= 0.3 is 0 Å². The van der Waals surface area contributed by atoms with E-state index in [1.807, 2.05) is 13.8 Å². The first-order valence-corrected chi connectivity index (χ1v) is 6.16. The Bertz CT molecular complexity index is 446. The van der Waals surface area contributed by atoms with E-state index in [0.29, 0.717) is 12.2 Å². The fourth-order valence-electron chi connectivity index (χ4n) is 2.05. The smallest absolute Gasteiger partial charge is 0.229 e. The van der Waals surface area contributed by atoms with E-state index in [4.69, 9.17) is 0 Å². The highest BCUT2D eigenvalue weighted by Crippen LogP contribution is 2.21. The van der Waals surface area contributed by atoms with Crippen molar-refractivity contribution < 1.29 is 4.79 Å². The van der Waals surface area contributed by atoms with Gasteiger partial charge in [0.1, 0.15) is 0 Å². The molecule has 1 aromatic rings. The molecule has 0 aliphatic heterocycles. The van der Waals surface area contributed by atoms with Gasteiger partial charge < -0.3 is 5.32 Å². The van der Waals surface area contributed by atoms with Crippen molar-refractivity contribution in [3.63, 3.8) is 0 Å². The van der Waals surface area contributed by atoms with Crippen LogP contribution < -0.4 is 5.32 Å². The number of rotatable bonds is 3. The van der Waals surface area contributed by atoms with Crippen LogP contribution in [-0.2, 0) is 4.79 Å². The van der Waals surface area contributed by atoms with Crippen LogP contribution in [0.4, 0.5) is 5.82 Å². The van der Waals surface area contributed by atoms with Crippen molar-refractivity contribution in [3.05, 3.63) is 22.9 Å². The van der Waals surface area contributed by atoms with Gasteiger partial charge in [0.15, 0.2) is 5.82 Å². The van der Waals surface area contributed by atoms with Crippen LogP contribution in [0.5, 0.6) is 0 Å². The lowest BCUT2D eigenvalue weighted by Crippen LogP contribution is -2.14. The summed E-state index contributed by atoms with van der Waals surface area (Å²) in [5.41, 5.74) is 3.27. The summed E-state index contributed by atoms with van der Waals surface area (Å²) in [6.45, 7) is 3.90. The van der Waals surface area contributed by atoms with Crippen molar-refractivity contribution in [1.29, 1.82) is 0 Å². The molecule has 0 saturated carbocycles. The first-order chi connectivity index (χ1) is 8.16. The number of allylic oxidation sites excluding steroid dienone is 1. The SMILES string of the molecule is Cc1[nH]nc(NC(=O)CC2=CCCCC2)c1C. The summed E-state index contributed by atoms with van der Waals surface area (Å²) >= 11 is 0. The number of aryl methyl sites for hydroxylation is 1. The second-order valence-electron chi connectivity index (χ2n) is 4.66. The van der Waals surface area contributed by atoms with Gasteiger partial charge in [0.05, 0.1) is 0 Å². The number of aromatic nitrogens is 2. The van der Waals surface area contributed by atoms with E-state index in [1.165, 1.54) is 18.4 Å². The normalized spacial score (nSPS) is 15.5. The Kier molecular flexibility index (Phi) is 3.61. The summed E-state index contributed by atoms with van der Waals surface area (Å²) in [6.07, 6.45) is 7.34. The number of carbonyl (C=O) groups excluding carboxylic acids is 1. The van der Waals surface area contributed by atoms with Gasteiger partial charge in [-0.2, -0.15) is 5.10 Å². The molecule has 2 N–H and O–H groups in total. The molecule has 0 fully saturated rings. The number of nitrogens with zero attached hydrogens (tertiary/aromatic N) is 1. The van der Waals surface area contributed by atoms with Gasteiger partial charge in [-0.25, -0.2) is 0 Å². The third-order valence-corrected chi connectivity index (χ3v) is 3.28. The third kappa shape index (κ3) is 2.96. The van der Waals surface area contributed by atoms with E-state index < -0.39 is 0 Å². The monoisotopic (exact) mass is 233 g/mol. The molecule has 0 unspecified atom stereocenters. The molecular formula is C13H19N3O. The van der Waals surface area contributed by atoms with Crippen LogP contribution in [-0.4, -0.2) is 16.1 Å². The molecule has 0 atom stereocenters. The summed E-state index contributed by atoms with van der Waals surface area (Å²) in [4.78, 5) is 11.8. The van der Waals surface area contributed by atoms with E-state index in [2.05, 4.69) is 21.6 Å². The molecular weight excluding hydrogens is 214 g/mol. The van der Waals surface area contributed by atoms with Crippen molar-refractivity contribution in [2.45, 2.75) is 46.0 Å². The van der Waals surface area contributed by atoms with E-state index in [0.717, 1.165) is 24.1 Å². The number of anilines is 1. The molecule has 1 heterocycles. The summed E-state index contributed by atoms with van der Waals surface area (Å²) in [5, 5.41) is 9.79. The summed E-state index contributed by atoms with van der Waals surface area (Å²) < 4.78 is 0. The fraction of sp³-hybridized carbons (Fsp3) is 0.538. The number of hydrogen-bond acceptors (Lipinski definition) is 2. The quantitative estimate of drug-likeness (QED) is 0.789. The maximum atomic E-state index is 11.8. The maximum absolute atomic E-state index is 11.8. The molecule has 1 amide bonds. The van der Waals surface area contributed by atoms with Gasteiger partial charge in [-0.15, -0.1) is 0 Å². The number of carbonyl (C=O) groups is 1. The topological polar surface area (TPSA) is 57.8 Å². The molecule has 2 rings (SSSR count). The van der Waals surface area contributed by atoms with Crippen LogP contribution in [0.15, 0.2) is 11.6 Å². The molecule has 17 heavy (non-hydrogen) atoms. The Labute approximate surface area is 101 Å². The number of amides is 1. The highest BCUT2D eigenvalue weighted by atomic mass is 16.1. The highest BCUT2D eigenvalue weighted by molar-refractivity contribution is 5.92. The number of nitrogens with one attached hydrogen (secondary N) is 2. The van der Waals surface area contributed by atoms with Gasteiger partial charge in [0, 0.05) is 17.7 Å². The van der Waals surface area contributed by atoms with Crippen molar-refractivity contribution in [2.24, 2.45) is 0 Å². The number of hydrogen-bond donors (Lipinski definition) is 2. The lowest BCUT2D eigenvalue weighted by Gasteiger charge is -2.12. The molecule has 0 saturated heterocycles. The molecule has 0 aromatic carbocycles. The van der Waals surface area contributed by atoms with Crippen LogP contribution >= 0.6 is 0 Å². The second kappa shape index (κ2) is 5.17. The van der Waals surface area contributed by atoms with Crippen LogP contribution in [0.1, 0.15) is 43.4 Å². The van der Waals surface area contributed by atoms with Crippen molar-refractivity contribution in [3.8, 4) is 0 Å². The van der Waals surface area contributed by atoms with Gasteiger partial charge in [0.2, 0.25) is 5.91 Å². The van der Waals surface area contributed by atoms with E-state index >= 15 is 0 Å². The Hall–Kier alpha value is -1.58. The van der Waals surface area contributed by atoms with Crippen LogP contribution in [0.3, 0.4) is 0 Å². The van der Waals surface area contributed by atoms with Crippen molar-refractivity contribution in [1.82, 2.24) is 10.2 Å². The van der Waals surface area contributed by atoms with Crippen LogP contribution in [0.2, 0.25) is 0 Å². The first-order valence-electron chi connectivity index (χ1n) is 6.16. The first kappa shape index (κ1) is 11.9. The Morgan fingerprint density at radius 1 is 1.47 bits per heavy atom. The summed E-state index contributed by atoms with van der Waals surface area (Å²) in [5.74, 6) is 0.691. The zero-order valence-corrected chi connectivity index (χ0v) is 10.5. The predicted octanol–water partition coefficient (Wildman–Crippen LogP) is 2.86. The predicted molar refractivity (Wildman–Crippen MR) is 67.9 cm³/mol. The lowest BCUT2D eigenvalue weighted by molar-refractivity contribution is -0.115. The number of aromatic amines is 1. The second-order valence-corrected chi connectivity index (χ2v) is 4.66. The average molecular weight is 233 g/mol. The van der Waals surface area contributed by atoms with Gasteiger partial charge in [-0.3, -0.25) is 9.89 Å². The molecule has 0 radical (unpaired) electrons. The van der Waals surface area contributed by atoms with Crippen molar-refractivity contribution >= 4 is 11.7 Å². The highest BCUT2D eigenvalue weighted by Gasteiger charge is 2.12. The molecule has 4 nitrogen and oxygen atoms in total. The summed E-state index contributed by atoms with van der Waals surface area (Å²) in [6, 6.07) is 0. The molecule has 1 aliphatic rings. The fourth-order valence-corrected chi connectivity index (χ4v) is 2.05. The van der Waals surface area contributed by atoms with Crippen LogP contribution in [0, 0.1) is 13.8 Å². The minimum absolute atomic E-state index is 0.0350. The van der Waals surface area contributed by atoms with E-state index in [-0.39, 0.29) is 5.91 Å². The Morgan fingerprint density at radius 2 is 2.29 bits per heavy atom. The zero-order chi connectivity index (χ0) is 12.3. The Balaban J connectivity index is 1.93. The average Bonchev–Trinajstić information content (AvgIpc) is 2.62. The molecule has 92 valence electrons. The van der Waals surface area contributed by atoms with Crippen molar-refractivity contribution in [2.75, 3.05) is 5.32 Å². The molecule has 1 aromatic heterocycles. The maximum Gasteiger partial charge on any atom is 0.229 e.